The fraction of sp³-hybridized carbons (Fsp3) is 0.200. The minimum absolute atomic E-state index is 0.670. The van der Waals surface area contributed by atoms with E-state index in [1.165, 1.54) is 0 Å². The van der Waals surface area contributed by atoms with E-state index in [-0.39, 0.29) is 0 Å². The second kappa shape index (κ2) is 4.10. The van der Waals surface area contributed by atoms with Crippen LogP contribution in [-0.2, 0) is 0 Å². The van der Waals surface area contributed by atoms with Crippen molar-refractivity contribution in [2.45, 2.75) is 20.8 Å². The predicted molar refractivity (Wildman–Crippen MR) is 61.1 cm³/mol. The third-order valence-electron chi connectivity index (χ3n) is 2.64. The van der Waals surface area contributed by atoms with Crippen LogP contribution in [0.5, 0.6) is 0 Å². The third kappa shape index (κ3) is 1.57. The van der Waals surface area contributed by atoms with Crippen LogP contribution in [0.25, 0.3) is 0 Å². The van der Waals surface area contributed by atoms with E-state index in [0.29, 0.717) is 11.1 Å². The van der Waals surface area contributed by atoms with Gasteiger partial charge in [0.2, 0.25) is 0 Å². The average Bonchev–Trinajstić information content (AvgIpc) is 2.19. The second-order valence-corrected chi connectivity index (χ2v) is 3.39. The zero-order valence-electron chi connectivity index (χ0n) is 9.08. The number of terminal acetylenes is 1. The summed E-state index contributed by atoms with van der Waals surface area (Å²) in [5, 5.41) is 0. The Labute approximate surface area is 91.7 Å². The van der Waals surface area contributed by atoms with Gasteiger partial charge in [-0.1, -0.05) is 0 Å². The van der Waals surface area contributed by atoms with Crippen LogP contribution in [-0.4, -0.2) is 0 Å². The van der Waals surface area contributed by atoms with E-state index in [1.807, 2.05) is 20.8 Å². The average molecular weight is 190 g/mol. The molecule has 1 aromatic rings. The minimum atomic E-state index is 0.670. The summed E-state index contributed by atoms with van der Waals surface area (Å²) in [7, 11) is 0. The van der Waals surface area contributed by atoms with Crippen LogP contribution in [0.2, 0.25) is 0 Å². The van der Waals surface area contributed by atoms with Crippen LogP contribution in [0, 0.1) is 57.8 Å². The fourth-order valence-electron chi connectivity index (χ4n) is 1.81. The number of benzene rings is 1. The molecule has 0 saturated carbocycles. The Kier molecular flexibility index (Phi) is 3.06. The topological polar surface area (TPSA) is 0 Å². The molecule has 0 nitrogen and oxygen atoms in total. The van der Waals surface area contributed by atoms with Gasteiger partial charge in [-0.3, -0.25) is 0 Å². The van der Waals surface area contributed by atoms with Crippen molar-refractivity contribution in [3.8, 4) is 24.2 Å². The summed E-state index contributed by atoms with van der Waals surface area (Å²) in [6, 6.07) is 0. The molecule has 69 valence electrons. The first kappa shape index (κ1) is 11.2. The first-order chi connectivity index (χ1) is 7.08. The SMILES string of the molecule is [C]#Cc1c(C)c(C#[C+])c(C)c(C#C)c1C. The van der Waals surface area contributed by atoms with Crippen molar-refractivity contribution in [3.63, 3.8) is 0 Å². The maximum absolute atomic E-state index is 7.23. The molecule has 0 saturated heterocycles. The molecule has 0 atom stereocenters. The molecule has 0 unspecified atom stereocenters. The van der Waals surface area contributed by atoms with Crippen LogP contribution in [0.1, 0.15) is 33.4 Å². The summed E-state index contributed by atoms with van der Waals surface area (Å²) in [6.45, 7) is 5.60. The van der Waals surface area contributed by atoms with E-state index in [1.54, 1.807) is 0 Å². The normalized spacial score (nSPS) is 9.00. The molecule has 15 heavy (non-hydrogen) atoms. The van der Waals surface area contributed by atoms with Gasteiger partial charge in [-0.25, -0.2) is 0 Å². The van der Waals surface area contributed by atoms with Crippen LogP contribution < -0.4 is 0 Å². The molecule has 0 aliphatic heterocycles. The third-order valence-corrected chi connectivity index (χ3v) is 2.64. The molecule has 0 bridgehead atoms. The summed E-state index contributed by atoms with van der Waals surface area (Å²) in [5.41, 5.74) is 4.67. The van der Waals surface area contributed by atoms with Gasteiger partial charge in [0.25, 0.3) is 0 Å². The first-order valence-corrected chi connectivity index (χ1v) is 4.54. The van der Waals surface area contributed by atoms with Crippen molar-refractivity contribution < 1.29 is 0 Å². The van der Waals surface area contributed by atoms with Gasteiger partial charge >= 0.3 is 91.2 Å². The predicted octanol–water partition coefficient (Wildman–Crippen LogP) is 2.47. The molecule has 0 heteroatoms. The van der Waals surface area contributed by atoms with E-state index in [4.69, 9.17) is 19.3 Å². The molecule has 0 aromatic heterocycles. The van der Waals surface area contributed by atoms with Gasteiger partial charge in [-0.2, -0.15) is 0 Å². The summed E-state index contributed by atoms with van der Waals surface area (Å²) >= 11 is 0. The molecule has 0 heterocycles. The summed E-state index contributed by atoms with van der Waals surface area (Å²) < 4.78 is 0. The molecule has 1 radical (unpaired) electrons. The second-order valence-electron chi connectivity index (χ2n) is 3.39. The standard InChI is InChI=1S/C15H10/c1-7-13-10(4)14(8-2)12(6)15(9-3)11(13)5/h1H,4-6H3/q+1. The van der Waals surface area contributed by atoms with Crippen molar-refractivity contribution in [3.05, 3.63) is 46.2 Å². The van der Waals surface area contributed by atoms with Crippen molar-refractivity contribution in [2.75, 3.05) is 0 Å². The zero-order valence-corrected chi connectivity index (χ0v) is 9.08. The van der Waals surface area contributed by atoms with Gasteiger partial charge in [0, 0.05) is 0 Å². The Balaban J connectivity index is 3.88. The Morgan fingerprint density at radius 1 is 1.00 bits per heavy atom. The number of hydrogen-bond acceptors (Lipinski definition) is 0. The molecule has 1 rings (SSSR count). The van der Waals surface area contributed by atoms with Crippen LogP contribution >= 0.6 is 0 Å². The van der Waals surface area contributed by atoms with Crippen molar-refractivity contribution in [2.24, 2.45) is 0 Å². The van der Waals surface area contributed by atoms with Crippen LogP contribution in [0.15, 0.2) is 0 Å². The Bertz CT molecular complexity index is 435. The molecule has 0 N–H and O–H groups in total. The van der Waals surface area contributed by atoms with E-state index in [9.17, 15) is 0 Å². The number of rotatable bonds is 0. The summed E-state index contributed by atoms with van der Waals surface area (Å²) in [4.78, 5) is 0. The molecule has 0 aliphatic carbocycles. The van der Waals surface area contributed by atoms with E-state index < -0.39 is 0 Å². The molecular formula is C15H10+. The molecule has 0 spiro atoms. The Morgan fingerprint density at radius 3 is 1.87 bits per heavy atom. The Morgan fingerprint density at radius 2 is 1.47 bits per heavy atom. The van der Waals surface area contributed by atoms with Crippen molar-refractivity contribution in [1.29, 1.82) is 0 Å². The number of hydrogen-bond donors (Lipinski definition) is 0. The monoisotopic (exact) mass is 190 g/mol. The molecular weight excluding hydrogens is 180 g/mol. The van der Waals surface area contributed by atoms with Gasteiger partial charge in [0.15, 0.2) is 0 Å². The fourth-order valence-corrected chi connectivity index (χ4v) is 1.81. The van der Waals surface area contributed by atoms with Crippen LogP contribution in [0.3, 0.4) is 0 Å². The van der Waals surface area contributed by atoms with Crippen molar-refractivity contribution in [1.82, 2.24) is 0 Å². The molecule has 0 fully saturated rings. The first-order valence-electron chi connectivity index (χ1n) is 4.54. The molecule has 0 amide bonds. The summed E-state index contributed by atoms with van der Waals surface area (Å²) in [5.74, 6) is 7.34. The van der Waals surface area contributed by atoms with E-state index >= 15 is 0 Å². The van der Waals surface area contributed by atoms with Crippen molar-refractivity contribution >= 4 is 0 Å². The molecule has 1 aromatic carbocycles. The molecule has 0 aliphatic rings. The van der Waals surface area contributed by atoms with Crippen LogP contribution in [0.4, 0.5) is 0 Å². The van der Waals surface area contributed by atoms with E-state index in [0.717, 1.165) is 22.3 Å². The van der Waals surface area contributed by atoms with E-state index in [2.05, 4.69) is 17.8 Å². The van der Waals surface area contributed by atoms with Gasteiger partial charge in [0.1, 0.15) is 0 Å². The maximum atomic E-state index is 7.23. The zero-order chi connectivity index (χ0) is 11.6. The summed E-state index contributed by atoms with van der Waals surface area (Å²) in [6.07, 6.45) is 19.9. The quantitative estimate of drug-likeness (QED) is 0.435. The van der Waals surface area contributed by atoms with Gasteiger partial charge in [-0.15, -0.1) is 0 Å². The van der Waals surface area contributed by atoms with Gasteiger partial charge in [0.05, 0.1) is 0 Å². The van der Waals surface area contributed by atoms with Gasteiger partial charge < -0.3 is 0 Å². The Hall–Kier alpha value is -1.88. The van der Waals surface area contributed by atoms with Gasteiger partial charge in [-0.05, 0) is 0 Å².